The van der Waals surface area contributed by atoms with E-state index in [1.165, 1.54) is 54.6 Å². The molecule has 4 rings (SSSR count). The molecule has 0 bridgehead atoms. The van der Waals surface area contributed by atoms with Crippen molar-refractivity contribution in [2.75, 3.05) is 4.31 Å². The maximum Gasteiger partial charge on any atom is 0.416 e. The number of hydrogen-bond donors (Lipinski definition) is 1. The molecule has 12 heteroatoms. The number of carbonyl (C=O) groups is 2. The number of halogens is 5. The van der Waals surface area contributed by atoms with E-state index in [4.69, 9.17) is 23.2 Å². The summed E-state index contributed by atoms with van der Waals surface area (Å²) in [6.07, 6.45) is -5.20. The van der Waals surface area contributed by atoms with E-state index in [1.54, 1.807) is 0 Å². The van der Waals surface area contributed by atoms with Gasteiger partial charge in [-0.2, -0.15) is 13.2 Å². The number of aldehydes is 1. The van der Waals surface area contributed by atoms with Crippen molar-refractivity contribution in [3.63, 3.8) is 0 Å². The summed E-state index contributed by atoms with van der Waals surface area (Å²) in [5.41, 5.74) is -0.791. The van der Waals surface area contributed by atoms with Crippen molar-refractivity contribution in [1.82, 2.24) is 0 Å². The fraction of sp³-hybridized carbons (Fsp3) is 0.235. The van der Waals surface area contributed by atoms with Crippen molar-refractivity contribution in [3.05, 3.63) is 129 Å². The summed E-state index contributed by atoms with van der Waals surface area (Å²) in [7, 11) is -4.25. The number of nitrogens with zero attached hydrogens (tertiary/aromatic N) is 1. The molecule has 0 radical (unpaired) electrons. The number of carbonyl (C=O) groups excluding carboxylic acids is 1. The van der Waals surface area contributed by atoms with Crippen LogP contribution in [0.5, 0.6) is 0 Å². The van der Waals surface area contributed by atoms with Crippen molar-refractivity contribution in [3.8, 4) is 0 Å². The van der Waals surface area contributed by atoms with Crippen LogP contribution in [0, 0.1) is 0 Å². The van der Waals surface area contributed by atoms with Gasteiger partial charge in [0.15, 0.2) is 0 Å². The molecule has 46 heavy (non-hydrogen) atoms. The second-order valence-corrected chi connectivity index (χ2v) is 13.8. The quantitative estimate of drug-likeness (QED) is 0.150. The highest BCUT2D eigenvalue weighted by Gasteiger charge is 2.41. The van der Waals surface area contributed by atoms with Gasteiger partial charge in [-0.3, -0.25) is 9.10 Å². The summed E-state index contributed by atoms with van der Waals surface area (Å²) in [6, 6.07) is 21.2. The van der Waals surface area contributed by atoms with Gasteiger partial charge >= 0.3 is 12.1 Å². The highest BCUT2D eigenvalue weighted by molar-refractivity contribution is 7.92. The molecule has 1 N–H and O–H groups in total. The zero-order valence-electron chi connectivity index (χ0n) is 24.8. The van der Waals surface area contributed by atoms with Crippen LogP contribution in [0.15, 0.2) is 95.9 Å². The number of carboxylic acid groups (broad SMARTS) is 1. The molecule has 0 fully saturated rings. The molecule has 0 aliphatic rings. The van der Waals surface area contributed by atoms with E-state index in [0.717, 1.165) is 22.0 Å². The van der Waals surface area contributed by atoms with Crippen LogP contribution in [0.25, 0.3) is 0 Å². The molecule has 4 aromatic rings. The summed E-state index contributed by atoms with van der Waals surface area (Å²) >= 11 is 12.2. The Kier molecular flexibility index (Phi) is 10.6. The minimum atomic E-state index is -4.65. The second kappa shape index (κ2) is 13.9. The summed E-state index contributed by atoms with van der Waals surface area (Å²) < 4.78 is 69.3. The van der Waals surface area contributed by atoms with Gasteiger partial charge in [0.25, 0.3) is 10.0 Å². The van der Waals surface area contributed by atoms with E-state index in [0.29, 0.717) is 11.8 Å². The number of aliphatic carboxylic acids is 1. The molecule has 0 spiro atoms. The minimum Gasteiger partial charge on any atom is -0.481 e. The number of benzene rings is 4. The molecule has 0 aromatic heterocycles. The van der Waals surface area contributed by atoms with E-state index in [2.05, 4.69) is 0 Å². The molecular weight excluding hydrogens is 662 g/mol. The van der Waals surface area contributed by atoms with Crippen molar-refractivity contribution in [2.24, 2.45) is 0 Å². The monoisotopic (exact) mass is 691 g/mol. The topological polar surface area (TPSA) is 91.8 Å². The molecule has 242 valence electrons. The van der Waals surface area contributed by atoms with Gasteiger partial charge in [0, 0.05) is 6.42 Å². The molecule has 0 heterocycles. The van der Waals surface area contributed by atoms with Gasteiger partial charge in [0.1, 0.15) is 11.7 Å². The number of rotatable bonds is 12. The minimum absolute atomic E-state index is 0.0361. The lowest BCUT2D eigenvalue weighted by Crippen LogP contribution is -2.39. The number of alkyl halides is 3. The SMILES string of the molecule is CC(C)c1ccc(CN(c2ccc(C(CC=O)(Cc3cccc(C(F)(F)F)c3)C(=O)O)cc2)S(=O)(=O)c2ccc(Cl)c(Cl)c2)cc1. The lowest BCUT2D eigenvalue weighted by Gasteiger charge is -2.30. The average Bonchev–Trinajstić information content (AvgIpc) is 3.00. The zero-order chi connectivity index (χ0) is 33.9. The van der Waals surface area contributed by atoms with Crippen molar-refractivity contribution in [1.29, 1.82) is 0 Å². The van der Waals surface area contributed by atoms with Crippen molar-refractivity contribution < 1.29 is 36.3 Å². The summed E-state index contributed by atoms with van der Waals surface area (Å²) in [6.45, 7) is 3.97. The van der Waals surface area contributed by atoms with Crippen LogP contribution in [0.1, 0.15) is 54.0 Å². The smallest absolute Gasteiger partial charge is 0.416 e. The van der Waals surface area contributed by atoms with Gasteiger partial charge in [-0.15, -0.1) is 0 Å². The molecule has 4 aromatic carbocycles. The first-order chi connectivity index (χ1) is 21.6. The van der Waals surface area contributed by atoms with Gasteiger partial charge in [-0.25, -0.2) is 8.42 Å². The molecule has 1 unspecified atom stereocenters. The molecule has 0 amide bonds. The van der Waals surface area contributed by atoms with E-state index in [1.807, 2.05) is 38.1 Å². The van der Waals surface area contributed by atoms with Gasteiger partial charge in [-0.1, -0.05) is 91.6 Å². The third kappa shape index (κ3) is 7.57. The fourth-order valence-corrected chi connectivity index (χ4v) is 6.97. The number of carboxylic acids is 1. The number of hydrogen-bond acceptors (Lipinski definition) is 4. The predicted octanol–water partition coefficient (Wildman–Crippen LogP) is 8.69. The fourth-order valence-electron chi connectivity index (χ4n) is 5.13. The van der Waals surface area contributed by atoms with E-state index >= 15 is 0 Å². The summed E-state index contributed by atoms with van der Waals surface area (Å²) in [5, 5.41) is 10.6. The molecule has 0 saturated carbocycles. The molecule has 6 nitrogen and oxygen atoms in total. The Morgan fingerprint density at radius 1 is 0.870 bits per heavy atom. The Morgan fingerprint density at radius 3 is 2.07 bits per heavy atom. The maximum atomic E-state index is 14.0. The van der Waals surface area contributed by atoms with Crippen molar-refractivity contribution >= 4 is 51.2 Å². The van der Waals surface area contributed by atoms with Crippen LogP contribution in [0.3, 0.4) is 0 Å². The van der Waals surface area contributed by atoms with Crippen LogP contribution < -0.4 is 4.31 Å². The highest BCUT2D eigenvalue weighted by atomic mass is 35.5. The highest BCUT2D eigenvalue weighted by Crippen LogP contribution is 2.37. The Labute approximate surface area is 275 Å². The first kappa shape index (κ1) is 35.0. The standard InChI is InChI=1S/C34H30Cl2F3NO5S/c1-22(2)25-8-6-23(7-9-25)21-40(46(44,45)29-14-15-30(35)31(36)19-29)28-12-10-26(11-13-28)33(16-17-41,32(42)43)20-24-4-3-5-27(18-24)34(37,38)39/h3-15,17-19,22H,16,20-21H2,1-2H3,(H,42,43). The van der Waals surface area contributed by atoms with Crippen LogP contribution in [-0.2, 0) is 44.2 Å². The van der Waals surface area contributed by atoms with Crippen LogP contribution in [0.2, 0.25) is 10.0 Å². The first-order valence-electron chi connectivity index (χ1n) is 14.1. The van der Waals surface area contributed by atoms with E-state index < -0.39 is 46.0 Å². The van der Waals surface area contributed by atoms with E-state index in [-0.39, 0.29) is 44.2 Å². The van der Waals surface area contributed by atoms with Gasteiger partial charge < -0.3 is 9.90 Å². The molecule has 0 saturated heterocycles. The number of anilines is 1. The van der Waals surface area contributed by atoms with Crippen LogP contribution >= 0.6 is 23.2 Å². The van der Waals surface area contributed by atoms with Gasteiger partial charge in [0.2, 0.25) is 0 Å². The average molecular weight is 693 g/mol. The molecule has 1 atom stereocenters. The maximum absolute atomic E-state index is 14.0. The Bertz CT molecular complexity index is 1830. The van der Waals surface area contributed by atoms with Crippen molar-refractivity contribution in [2.45, 2.75) is 55.6 Å². The molecule has 0 aliphatic carbocycles. The third-order valence-corrected chi connectivity index (χ3v) is 10.3. The lowest BCUT2D eigenvalue weighted by atomic mass is 9.73. The largest absolute Gasteiger partial charge is 0.481 e. The van der Waals surface area contributed by atoms with Gasteiger partial charge in [-0.05, 0) is 71.0 Å². The Hall–Kier alpha value is -3.86. The lowest BCUT2D eigenvalue weighted by molar-refractivity contribution is -0.145. The van der Waals surface area contributed by atoms with Crippen LogP contribution in [0.4, 0.5) is 18.9 Å². The molecule has 0 aliphatic heterocycles. The normalized spacial score (nSPS) is 13.3. The zero-order valence-corrected chi connectivity index (χ0v) is 27.1. The number of sulfonamides is 1. The second-order valence-electron chi connectivity index (χ2n) is 11.2. The predicted molar refractivity (Wildman–Crippen MR) is 172 cm³/mol. The summed E-state index contributed by atoms with van der Waals surface area (Å²) in [5.74, 6) is -1.16. The summed E-state index contributed by atoms with van der Waals surface area (Å²) in [4.78, 5) is 24.3. The van der Waals surface area contributed by atoms with Gasteiger partial charge in [0.05, 0.1) is 32.7 Å². The Morgan fingerprint density at radius 2 is 1.52 bits per heavy atom. The Balaban J connectivity index is 1.80. The first-order valence-corrected chi connectivity index (χ1v) is 16.3. The molecular formula is C34H30Cl2F3NO5S. The van der Waals surface area contributed by atoms with E-state index in [9.17, 15) is 36.3 Å². The van der Waals surface area contributed by atoms with Crippen LogP contribution in [-0.4, -0.2) is 25.8 Å². The third-order valence-electron chi connectivity index (χ3n) is 7.76.